The van der Waals surface area contributed by atoms with Gasteiger partial charge in [0.1, 0.15) is 12.3 Å². The minimum Gasteiger partial charge on any atom is -0.480 e. The number of carboxylic acid groups (broad SMARTS) is 4. The zero-order chi connectivity index (χ0) is 20.3. The Morgan fingerprint density at radius 3 is 1.42 bits per heavy atom. The molecule has 0 saturated heterocycles. The third-order valence-electron chi connectivity index (χ3n) is 3.18. The van der Waals surface area contributed by atoms with Crippen LogP contribution in [0.25, 0.3) is 0 Å². The van der Waals surface area contributed by atoms with Crippen LogP contribution in [-0.4, -0.2) is 117 Å². The van der Waals surface area contributed by atoms with Gasteiger partial charge in [-0.2, -0.15) is 0 Å². The van der Waals surface area contributed by atoms with Crippen molar-refractivity contribution in [3.8, 4) is 0 Å². The van der Waals surface area contributed by atoms with E-state index >= 15 is 0 Å². The van der Waals surface area contributed by atoms with Crippen LogP contribution in [0.3, 0.4) is 0 Å². The molecule has 0 aromatic rings. The van der Waals surface area contributed by atoms with Gasteiger partial charge in [0.25, 0.3) is 0 Å². The average molecular weight is 377 g/mol. The fraction of sp³-hybridized carbons (Fsp3) is 0.643. The van der Waals surface area contributed by atoms with Gasteiger partial charge < -0.3 is 20.4 Å². The Kier molecular flexibility index (Phi) is 10.5. The maximum atomic E-state index is 11.3. The van der Waals surface area contributed by atoms with Crippen molar-refractivity contribution < 1.29 is 44.4 Å². The van der Waals surface area contributed by atoms with Crippen molar-refractivity contribution in [1.29, 1.82) is 0 Å². The Morgan fingerprint density at radius 1 is 0.615 bits per heavy atom. The summed E-state index contributed by atoms with van der Waals surface area (Å²) in [5.41, 5.74) is 0. The zero-order valence-electron chi connectivity index (χ0n) is 14.3. The fourth-order valence-corrected chi connectivity index (χ4v) is 2.13. The number of Topliss-reactive ketones (excluding diaryl/α,β-unsaturated/α-hetero) is 1. The Labute approximate surface area is 149 Å². The van der Waals surface area contributed by atoms with Crippen LogP contribution in [0.5, 0.6) is 0 Å². The first kappa shape index (κ1) is 23.3. The maximum Gasteiger partial charge on any atom is 0.407 e. The molecule has 0 fully saturated rings. The summed E-state index contributed by atoms with van der Waals surface area (Å²) in [6, 6.07) is 0. The van der Waals surface area contributed by atoms with E-state index in [1.165, 1.54) is 11.8 Å². The van der Waals surface area contributed by atoms with Crippen LogP contribution < -0.4 is 0 Å². The second kappa shape index (κ2) is 11.8. The Balaban J connectivity index is 4.82. The lowest BCUT2D eigenvalue weighted by molar-refractivity contribution is -0.142. The highest BCUT2D eigenvalue weighted by Crippen LogP contribution is 1.97. The van der Waals surface area contributed by atoms with Gasteiger partial charge in [-0.15, -0.1) is 0 Å². The predicted octanol–water partition coefficient (Wildman–Crippen LogP) is -1.59. The zero-order valence-corrected chi connectivity index (χ0v) is 14.3. The lowest BCUT2D eigenvalue weighted by Gasteiger charge is -2.27. The molecule has 0 radical (unpaired) electrons. The number of amides is 1. The number of hydrogen-bond donors (Lipinski definition) is 4. The molecule has 0 rings (SSSR count). The smallest absolute Gasteiger partial charge is 0.407 e. The van der Waals surface area contributed by atoms with Gasteiger partial charge in [0.15, 0.2) is 0 Å². The Morgan fingerprint density at radius 2 is 1.04 bits per heavy atom. The van der Waals surface area contributed by atoms with E-state index < -0.39 is 43.6 Å². The third-order valence-corrected chi connectivity index (χ3v) is 3.18. The molecular formula is C14H23N3O9. The minimum atomic E-state index is -1.42. The monoisotopic (exact) mass is 377 g/mol. The summed E-state index contributed by atoms with van der Waals surface area (Å²) < 4.78 is 0. The number of hydrogen-bond acceptors (Lipinski definition) is 7. The van der Waals surface area contributed by atoms with E-state index in [2.05, 4.69) is 0 Å². The Bertz CT molecular complexity index is 522. The van der Waals surface area contributed by atoms with E-state index in [0.717, 1.165) is 4.90 Å². The van der Waals surface area contributed by atoms with E-state index in [1.54, 1.807) is 0 Å². The van der Waals surface area contributed by atoms with E-state index in [1.807, 2.05) is 0 Å². The van der Waals surface area contributed by atoms with Crippen LogP contribution in [-0.2, 0) is 19.2 Å². The van der Waals surface area contributed by atoms with E-state index in [-0.39, 0.29) is 38.5 Å². The quantitative estimate of drug-likeness (QED) is 0.274. The largest absolute Gasteiger partial charge is 0.480 e. The first-order chi connectivity index (χ1) is 12.0. The molecular weight excluding hydrogens is 354 g/mol. The van der Waals surface area contributed by atoms with Gasteiger partial charge in [0.05, 0.1) is 19.6 Å². The van der Waals surface area contributed by atoms with Gasteiger partial charge in [-0.05, 0) is 6.92 Å². The van der Waals surface area contributed by atoms with E-state index in [9.17, 15) is 24.0 Å². The van der Waals surface area contributed by atoms with Crippen LogP contribution in [0.4, 0.5) is 4.79 Å². The fourth-order valence-electron chi connectivity index (χ4n) is 2.13. The van der Waals surface area contributed by atoms with Gasteiger partial charge in [-0.25, -0.2) is 4.79 Å². The molecule has 0 aliphatic heterocycles. The molecule has 0 aromatic heterocycles. The van der Waals surface area contributed by atoms with E-state index in [0.29, 0.717) is 4.90 Å². The number of ketones is 1. The Hall–Kier alpha value is -2.73. The number of aliphatic carboxylic acids is 3. The van der Waals surface area contributed by atoms with Crippen molar-refractivity contribution in [2.24, 2.45) is 0 Å². The summed E-state index contributed by atoms with van der Waals surface area (Å²) in [7, 11) is 0. The summed E-state index contributed by atoms with van der Waals surface area (Å²) in [5.74, 6) is -3.96. The lowest BCUT2D eigenvalue weighted by Crippen LogP contribution is -2.45. The highest BCUT2D eigenvalue weighted by atomic mass is 16.4. The SMILES string of the molecule is CC(=O)CN(CCN(CC(=O)O)CC(=O)O)CCN(CC(=O)O)C(=O)O. The molecule has 26 heavy (non-hydrogen) atoms. The molecule has 0 spiro atoms. The molecule has 0 aliphatic carbocycles. The summed E-state index contributed by atoms with van der Waals surface area (Å²) in [6.07, 6.45) is -1.42. The number of carbonyl (C=O) groups excluding carboxylic acids is 1. The van der Waals surface area contributed by atoms with Gasteiger partial charge in [-0.3, -0.25) is 33.9 Å². The van der Waals surface area contributed by atoms with Gasteiger partial charge >= 0.3 is 24.0 Å². The highest BCUT2D eigenvalue weighted by Gasteiger charge is 2.19. The first-order valence-electron chi connectivity index (χ1n) is 7.58. The molecule has 0 atom stereocenters. The van der Waals surface area contributed by atoms with Crippen LogP contribution >= 0.6 is 0 Å². The van der Waals surface area contributed by atoms with Crippen molar-refractivity contribution in [3.63, 3.8) is 0 Å². The van der Waals surface area contributed by atoms with Crippen molar-refractivity contribution in [3.05, 3.63) is 0 Å². The first-order valence-corrected chi connectivity index (χ1v) is 7.58. The summed E-state index contributed by atoms with van der Waals surface area (Å²) in [4.78, 5) is 57.9. The van der Waals surface area contributed by atoms with Crippen molar-refractivity contribution in [1.82, 2.24) is 14.7 Å². The topological polar surface area (TPSA) is 176 Å². The van der Waals surface area contributed by atoms with Crippen LogP contribution in [0.2, 0.25) is 0 Å². The second-order valence-electron chi connectivity index (χ2n) is 5.57. The summed E-state index contributed by atoms with van der Waals surface area (Å²) in [6.45, 7) is -0.465. The predicted molar refractivity (Wildman–Crippen MR) is 86.1 cm³/mol. The minimum absolute atomic E-state index is 0.0257. The number of carbonyl (C=O) groups is 5. The molecule has 0 heterocycles. The molecule has 12 nitrogen and oxygen atoms in total. The maximum absolute atomic E-state index is 11.3. The standard InChI is InChI=1S/C14H23N3O9/c1-10(18)6-15(4-5-17(14(25)26)9-13(23)24)2-3-16(7-11(19)20)8-12(21)22/h2-9H2,1H3,(H,19,20)(H,21,22)(H,23,24)(H,25,26). The van der Waals surface area contributed by atoms with Crippen LogP contribution in [0.1, 0.15) is 6.92 Å². The van der Waals surface area contributed by atoms with Crippen molar-refractivity contribution >= 4 is 29.8 Å². The molecule has 4 N–H and O–H groups in total. The molecule has 0 saturated carbocycles. The van der Waals surface area contributed by atoms with Crippen molar-refractivity contribution in [2.75, 3.05) is 52.4 Å². The van der Waals surface area contributed by atoms with Crippen molar-refractivity contribution in [2.45, 2.75) is 6.92 Å². The average Bonchev–Trinajstić information content (AvgIpc) is 2.45. The second-order valence-corrected chi connectivity index (χ2v) is 5.57. The molecule has 12 heteroatoms. The van der Waals surface area contributed by atoms with Gasteiger partial charge in [0, 0.05) is 26.2 Å². The molecule has 148 valence electrons. The highest BCUT2D eigenvalue weighted by molar-refractivity contribution is 5.77. The molecule has 0 bridgehead atoms. The summed E-state index contributed by atoms with van der Waals surface area (Å²) in [5, 5.41) is 35.3. The third kappa shape index (κ3) is 11.8. The number of nitrogens with zero attached hydrogens (tertiary/aromatic N) is 3. The number of carboxylic acids is 3. The van der Waals surface area contributed by atoms with Gasteiger partial charge in [-0.1, -0.05) is 0 Å². The van der Waals surface area contributed by atoms with E-state index in [4.69, 9.17) is 20.4 Å². The van der Waals surface area contributed by atoms with Crippen LogP contribution in [0.15, 0.2) is 0 Å². The van der Waals surface area contributed by atoms with Crippen LogP contribution in [0, 0.1) is 0 Å². The van der Waals surface area contributed by atoms with Gasteiger partial charge in [0.2, 0.25) is 0 Å². The summed E-state index contributed by atoms with van der Waals surface area (Å²) >= 11 is 0. The molecule has 0 unspecified atom stereocenters. The normalized spacial score (nSPS) is 10.7. The molecule has 0 aromatic carbocycles. The lowest BCUT2D eigenvalue weighted by atomic mass is 10.3. The molecule has 1 amide bonds. The molecule has 0 aliphatic rings. The number of rotatable bonds is 14.